The first-order chi connectivity index (χ1) is 12.0. The molecule has 1 rings (SSSR count). The topological polar surface area (TPSA) is 90.6 Å². The van der Waals surface area contributed by atoms with E-state index in [-0.39, 0.29) is 18.1 Å². The van der Waals surface area contributed by atoms with Crippen molar-refractivity contribution in [2.75, 3.05) is 0 Å². The predicted molar refractivity (Wildman–Crippen MR) is 102 cm³/mol. The van der Waals surface area contributed by atoms with Crippen LogP contribution in [0.4, 0.5) is 4.79 Å². The van der Waals surface area contributed by atoms with E-state index in [1.807, 2.05) is 37.3 Å². The maximum absolute atomic E-state index is 12.5. The number of benzene rings is 1. The quantitative estimate of drug-likeness (QED) is 0.724. The van der Waals surface area contributed by atoms with Crippen LogP contribution in [0.1, 0.15) is 59.4 Å². The minimum atomic E-state index is -0.844. The lowest BCUT2D eigenvalue weighted by molar-refractivity contribution is -0.150. The number of rotatable bonds is 7. The van der Waals surface area contributed by atoms with Gasteiger partial charge >= 0.3 is 12.1 Å². The molecule has 26 heavy (non-hydrogen) atoms. The van der Waals surface area contributed by atoms with Crippen LogP contribution in [-0.4, -0.2) is 35.9 Å². The molecule has 146 valence electrons. The van der Waals surface area contributed by atoms with Crippen molar-refractivity contribution in [1.29, 1.82) is 0 Å². The zero-order valence-corrected chi connectivity index (χ0v) is 16.6. The summed E-state index contributed by atoms with van der Waals surface area (Å²) in [6, 6.07) is 8.65. The second kappa shape index (κ2) is 9.57. The van der Waals surface area contributed by atoms with Crippen molar-refractivity contribution in [2.24, 2.45) is 5.73 Å². The average Bonchev–Trinajstić information content (AvgIpc) is 2.49. The number of ether oxygens (including phenoxy) is 2. The van der Waals surface area contributed by atoms with Gasteiger partial charge in [0.1, 0.15) is 11.6 Å². The Morgan fingerprint density at radius 3 is 2.15 bits per heavy atom. The molecule has 0 spiro atoms. The molecule has 3 atom stereocenters. The summed E-state index contributed by atoms with van der Waals surface area (Å²) in [5, 5.41) is 2.64. The van der Waals surface area contributed by atoms with Crippen molar-refractivity contribution in [3.63, 3.8) is 0 Å². The molecule has 0 aliphatic rings. The van der Waals surface area contributed by atoms with Gasteiger partial charge in [-0.1, -0.05) is 30.3 Å². The summed E-state index contributed by atoms with van der Waals surface area (Å²) >= 11 is 0. The fourth-order valence-corrected chi connectivity index (χ4v) is 2.59. The summed E-state index contributed by atoms with van der Waals surface area (Å²) < 4.78 is 10.6. The Balaban J connectivity index is 2.98. The van der Waals surface area contributed by atoms with Crippen LogP contribution >= 0.6 is 0 Å². The number of carbonyl (C=O) groups excluding carboxylic acids is 2. The molecule has 0 aliphatic carbocycles. The van der Waals surface area contributed by atoms with Gasteiger partial charge < -0.3 is 20.5 Å². The highest BCUT2D eigenvalue weighted by atomic mass is 16.6. The van der Waals surface area contributed by atoms with Gasteiger partial charge in [0.2, 0.25) is 0 Å². The Morgan fingerprint density at radius 2 is 1.69 bits per heavy atom. The molecule has 0 fully saturated rings. The zero-order valence-electron chi connectivity index (χ0n) is 16.6. The van der Waals surface area contributed by atoms with Crippen molar-refractivity contribution in [3.05, 3.63) is 35.9 Å². The first-order valence-electron chi connectivity index (χ1n) is 9.00. The molecule has 0 saturated heterocycles. The maximum Gasteiger partial charge on any atom is 0.408 e. The third-order valence-electron chi connectivity index (χ3n) is 3.68. The largest absolute Gasteiger partial charge is 0.461 e. The van der Waals surface area contributed by atoms with E-state index in [4.69, 9.17) is 15.2 Å². The highest BCUT2D eigenvalue weighted by Gasteiger charge is 2.30. The molecular weight excluding hydrogens is 332 g/mol. The molecule has 1 aromatic rings. The monoisotopic (exact) mass is 364 g/mol. The SMILES string of the molecule is CC(C)OC(=O)[C@@H](C[C@@H](c1ccccc1)[C@H](C)N)NC(=O)OC(C)(C)C. The average molecular weight is 364 g/mol. The minimum Gasteiger partial charge on any atom is -0.461 e. The minimum absolute atomic E-state index is 0.115. The molecule has 1 aromatic carbocycles. The number of alkyl carbamates (subject to hydrolysis) is 1. The summed E-state index contributed by atoms with van der Waals surface area (Å²) in [4.78, 5) is 24.7. The number of nitrogens with two attached hydrogens (primary N) is 1. The van der Waals surface area contributed by atoms with E-state index in [9.17, 15) is 9.59 Å². The number of nitrogens with one attached hydrogen (secondary N) is 1. The highest BCUT2D eigenvalue weighted by molar-refractivity contribution is 5.81. The molecule has 0 bridgehead atoms. The van der Waals surface area contributed by atoms with Crippen LogP contribution < -0.4 is 11.1 Å². The van der Waals surface area contributed by atoms with Crippen molar-refractivity contribution >= 4 is 12.1 Å². The van der Waals surface area contributed by atoms with Gasteiger partial charge in [-0.25, -0.2) is 9.59 Å². The first-order valence-corrected chi connectivity index (χ1v) is 9.00. The number of esters is 1. The lowest BCUT2D eigenvalue weighted by Gasteiger charge is -2.28. The molecule has 6 heteroatoms. The zero-order chi connectivity index (χ0) is 19.9. The van der Waals surface area contributed by atoms with Crippen LogP contribution in [0.25, 0.3) is 0 Å². The number of carbonyl (C=O) groups is 2. The van der Waals surface area contributed by atoms with E-state index in [1.54, 1.807) is 34.6 Å². The molecule has 6 nitrogen and oxygen atoms in total. The van der Waals surface area contributed by atoms with Crippen molar-refractivity contribution in [1.82, 2.24) is 5.32 Å². The highest BCUT2D eigenvalue weighted by Crippen LogP contribution is 2.25. The summed E-state index contributed by atoms with van der Waals surface area (Å²) in [5.41, 5.74) is 6.51. The fraction of sp³-hybridized carbons (Fsp3) is 0.600. The first kappa shape index (κ1) is 22.0. The van der Waals surface area contributed by atoms with Crippen LogP contribution in [0.2, 0.25) is 0 Å². The van der Waals surface area contributed by atoms with E-state index in [1.165, 1.54) is 0 Å². The maximum atomic E-state index is 12.5. The van der Waals surface area contributed by atoms with E-state index in [2.05, 4.69) is 5.32 Å². The second-order valence-corrected chi connectivity index (χ2v) is 7.80. The normalized spacial score (nSPS) is 15.1. The molecule has 0 saturated carbocycles. The summed E-state index contributed by atoms with van der Waals surface area (Å²) in [5.74, 6) is -0.608. The summed E-state index contributed by atoms with van der Waals surface area (Å²) in [6.45, 7) is 10.7. The van der Waals surface area contributed by atoms with Crippen LogP contribution in [0.5, 0.6) is 0 Å². The Kier molecular flexibility index (Phi) is 8.08. The van der Waals surface area contributed by atoms with Crippen LogP contribution in [0, 0.1) is 0 Å². The van der Waals surface area contributed by atoms with E-state index >= 15 is 0 Å². The Bertz CT molecular complexity index is 579. The lowest BCUT2D eigenvalue weighted by Crippen LogP contribution is -2.46. The molecular formula is C20H32N2O4. The Morgan fingerprint density at radius 1 is 1.12 bits per heavy atom. The smallest absolute Gasteiger partial charge is 0.408 e. The third-order valence-corrected chi connectivity index (χ3v) is 3.68. The molecule has 0 aliphatic heterocycles. The molecule has 0 unspecified atom stereocenters. The van der Waals surface area contributed by atoms with Crippen molar-refractivity contribution in [2.45, 2.75) is 77.7 Å². The van der Waals surface area contributed by atoms with Crippen LogP contribution in [0.15, 0.2) is 30.3 Å². The van der Waals surface area contributed by atoms with E-state index < -0.39 is 23.7 Å². The Labute approximate surface area is 156 Å². The van der Waals surface area contributed by atoms with Crippen LogP contribution in [-0.2, 0) is 14.3 Å². The standard InChI is InChI=1S/C20H32N2O4/c1-13(2)25-18(23)17(22-19(24)26-20(4,5)6)12-16(14(3)21)15-10-8-7-9-11-15/h7-11,13-14,16-17H,12,21H2,1-6H3,(H,22,24)/t14-,16+,17+/m0/s1. The second-order valence-electron chi connectivity index (χ2n) is 7.80. The molecule has 1 amide bonds. The molecule has 3 N–H and O–H groups in total. The van der Waals surface area contributed by atoms with Gasteiger partial charge in [0.25, 0.3) is 0 Å². The molecule has 0 heterocycles. The lowest BCUT2D eigenvalue weighted by atomic mass is 9.87. The number of hydrogen-bond acceptors (Lipinski definition) is 5. The van der Waals surface area contributed by atoms with Crippen molar-refractivity contribution in [3.8, 4) is 0 Å². The Hall–Kier alpha value is -2.08. The van der Waals surface area contributed by atoms with Gasteiger partial charge in [-0.3, -0.25) is 0 Å². The third kappa shape index (κ3) is 7.87. The molecule has 0 aromatic heterocycles. The van der Waals surface area contributed by atoms with E-state index in [0.29, 0.717) is 6.42 Å². The van der Waals surface area contributed by atoms with Gasteiger partial charge in [-0.15, -0.1) is 0 Å². The van der Waals surface area contributed by atoms with Gasteiger partial charge in [0.05, 0.1) is 6.10 Å². The van der Waals surface area contributed by atoms with E-state index in [0.717, 1.165) is 5.56 Å². The van der Waals surface area contributed by atoms with Gasteiger partial charge in [-0.2, -0.15) is 0 Å². The van der Waals surface area contributed by atoms with Crippen molar-refractivity contribution < 1.29 is 19.1 Å². The van der Waals surface area contributed by atoms with Gasteiger partial charge in [0.15, 0.2) is 0 Å². The summed E-state index contributed by atoms with van der Waals surface area (Å²) in [6.07, 6.45) is -0.609. The predicted octanol–water partition coefficient (Wildman–Crippen LogP) is 3.35. The van der Waals surface area contributed by atoms with Gasteiger partial charge in [0, 0.05) is 12.0 Å². The number of amides is 1. The van der Waals surface area contributed by atoms with Gasteiger partial charge in [-0.05, 0) is 53.5 Å². The molecule has 0 radical (unpaired) electrons. The summed E-state index contributed by atoms with van der Waals surface area (Å²) in [7, 11) is 0. The fourth-order valence-electron chi connectivity index (χ4n) is 2.59. The van der Waals surface area contributed by atoms with Crippen LogP contribution in [0.3, 0.4) is 0 Å². The number of hydrogen-bond donors (Lipinski definition) is 2.